The molecule has 0 heterocycles. The molecule has 0 saturated carbocycles. The molecule has 122 valence electrons. The van der Waals surface area contributed by atoms with Crippen LogP contribution in [0.25, 0.3) is 0 Å². The number of rotatable bonds is 7. The van der Waals surface area contributed by atoms with Gasteiger partial charge in [0, 0.05) is 12.2 Å². The van der Waals surface area contributed by atoms with E-state index in [0.29, 0.717) is 12.1 Å². The average Bonchev–Trinajstić information content (AvgIpc) is 2.49. The topological polar surface area (TPSA) is 78.4 Å². The number of carbonyl (C=O) groups excluding carboxylic acids is 2. The summed E-state index contributed by atoms with van der Waals surface area (Å²) in [5.41, 5.74) is 1.69. The molecule has 3 N–H and O–H groups in total. The molecule has 0 fully saturated rings. The van der Waals surface area contributed by atoms with E-state index in [4.69, 9.17) is 0 Å². The van der Waals surface area contributed by atoms with Gasteiger partial charge in [0.25, 0.3) is 0 Å². The van der Waals surface area contributed by atoms with Crippen molar-refractivity contribution in [3.05, 3.63) is 29.8 Å². The molecular formula is C17H26N2O3. The molecule has 1 atom stereocenters. The lowest BCUT2D eigenvalue weighted by Crippen LogP contribution is -2.37. The summed E-state index contributed by atoms with van der Waals surface area (Å²) in [7, 11) is 0. The van der Waals surface area contributed by atoms with Crippen molar-refractivity contribution in [1.82, 2.24) is 5.32 Å². The second kappa shape index (κ2) is 9.20. The minimum Gasteiger partial charge on any atom is -0.393 e. The number of aryl methyl sites for hydroxylation is 1. The highest BCUT2D eigenvalue weighted by molar-refractivity contribution is 6.39. The van der Waals surface area contributed by atoms with E-state index in [0.717, 1.165) is 18.4 Å². The van der Waals surface area contributed by atoms with E-state index in [2.05, 4.69) is 17.6 Å². The third kappa shape index (κ3) is 5.85. The van der Waals surface area contributed by atoms with E-state index >= 15 is 0 Å². The van der Waals surface area contributed by atoms with Gasteiger partial charge < -0.3 is 15.7 Å². The molecule has 5 nitrogen and oxygen atoms in total. The minimum atomic E-state index is -0.678. The van der Waals surface area contributed by atoms with Crippen LogP contribution >= 0.6 is 0 Å². The number of amides is 2. The van der Waals surface area contributed by atoms with Gasteiger partial charge in [-0.05, 0) is 30.4 Å². The van der Waals surface area contributed by atoms with E-state index < -0.39 is 17.9 Å². The Morgan fingerprint density at radius 3 is 2.50 bits per heavy atom. The number of aliphatic hydroxyl groups is 1. The summed E-state index contributed by atoms with van der Waals surface area (Å²) in [4.78, 5) is 23.7. The van der Waals surface area contributed by atoms with Crippen LogP contribution in [0, 0.1) is 5.92 Å². The summed E-state index contributed by atoms with van der Waals surface area (Å²) < 4.78 is 0. The maximum Gasteiger partial charge on any atom is 0.313 e. The van der Waals surface area contributed by atoms with Gasteiger partial charge in [0.1, 0.15) is 0 Å². The quantitative estimate of drug-likeness (QED) is 0.675. The third-order valence-electron chi connectivity index (χ3n) is 3.49. The monoisotopic (exact) mass is 306 g/mol. The SMILES string of the molecule is CCCc1ccccc1NC(=O)C(=O)NCCC(O)C(C)C. The van der Waals surface area contributed by atoms with Gasteiger partial charge in [-0.1, -0.05) is 45.4 Å². The van der Waals surface area contributed by atoms with Gasteiger partial charge in [-0.3, -0.25) is 9.59 Å². The second-order valence-electron chi connectivity index (χ2n) is 5.72. The van der Waals surface area contributed by atoms with Crippen LogP contribution in [0.3, 0.4) is 0 Å². The largest absolute Gasteiger partial charge is 0.393 e. The predicted octanol–water partition coefficient (Wildman–Crippen LogP) is 2.10. The van der Waals surface area contributed by atoms with Gasteiger partial charge in [-0.2, -0.15) is 0 Å². The Hall–Kier alpha value is -1.88. The lowest BCUT2D eigenvalue weighted by Gasteiger charge is -2.14. The van der Waals surface area contributed by atoms with E-state index in [1.54, 1.807) is 6.07 Å². The highest BCUT2D eigenvalue weighted by atomic mass is 16.3. The first kappa shape index (κ1) is 18.2. The van der Waals surface area contributed by atoms with Crippen molar-refractivity contribution < 1.29 is 14.7 Å². The van der Waals surface area contributed by atoms with Crippen molar-refractivity contribution in [3.8, 4) is 0 Å². The zero-order valence-electron chi connectivity index (χ0n) is 13.6. The van der Waals surface area contributed by atoms with Crippen molar-refractivity contribution in [2.24, 2.45) is 5.92 Å². The fourth-order valence-electron chi connectivity index (χ4n) is 2.06. The Balaban J connectivity index is 2.49. The Kier molecular flexibility index (Phi) is 7.60. The fraction of sp³-hybridized carbons (Fsp3) is 0.529. The second-order valence-corrected chi connectivity index (χ2v) is 5.72. The Morgan fingerprint density at radius 2 is 1.86 bits per heavy atom. The number of hydrogen-bond donors (Lipinski definition) is 3. The zero-order chi connectivity index (χ0) is 16.5. The Bertz CT molecular complexity index is 500. The van der Waals surface area contributed by atoms with E-state index in [1.807, 2.05) is 32.0 Å². The van der Waals surface area contributed by atoms with Crippen molar-refractivity contribution >= 4 is 17.5 Å². The Morgan fingerprint density at radius 1 is 1.18 bits per heavy atom. The van der Waals surface area contributed by atoms with Gasteiger partial charge in [0.15, 0.2) is 0 Å². The highest BCUT2D eigenvalue weighted by Crippen LogP contribution is 2.16. The van der Waals surface area contributed by atoms with E-state index in [1.165, 1.54) is 0 Å². The van der Waals surface area contributed by atoms with Crippen molar-refractivity contribution in [3.63, 3.8) is 0 Å². The number of aliphatic hydroxyl groups excluding tert-OH is 1. The fourth-order valence-corrected chi connectivity index (χ4v) is 2.06. The third-order valence-corrected chi connectivity index (χ3v) is 3.49. The minimum absolute atomic E-state index is 0.131. The van der Waals surface area contributed by atoms with Crippen molar-refractivity contribution in [1.29, 1.82) is 0 Å². The Labute approximate surface area is 132 Å². The van der Waals surface area contributed by atoms with Crippen LogP contribution in [0.5, 0.6) is 0 Å². The molecular weight excluding hydrogens is 280 g/mol. The van der Waals surface area contributed by atoms with Crippen LogP contribution in [0.4, 0.5) is 5.69 Å². The van der Waals surface area contributed by atoms with Gasteiger partial charge in [0.05, 0.1) is 6.10 Å². The molecule has 1 aromatic rings. The summed E-state index contributed by atoms with van der Waals surface area (Å²) in [6, 6.07) is 7.47. The van der Waals surface area contributed by atoms with Crippen LogP contribution in [0.1, 0.15) is 39.2 Å². The number of para-hydroxylation sites is 1. The van der Waals surface area contributed by atoms with Crippen molar-refractivity contribution in [2.45, 2.75) is 46.1 Å². The first-order valence-electron chi connectivity index (χ1n) is 7.80. The van der Waals surface area contributed by atoms with Gasteiger partial charge in [0.2, 0.25) is 0 Å². The maximum absolute atomic E-state index is 11.9. The van der Waals surface area contributed by atoms with Crippen LogP contribution in [-0.4, -0.2) is 29.6 Å². The number of benzene rings is 1. The molecule has 0 aliphatic rings. The molecule has 0 bridgehead atoms. The molecule has 0 saturated heterocycles. The normalized spacial score (nSPS) is 12.0. The molecule has 5 heteroatoms. The lowest BCUT2D eigenvalue weighted by atomic mass is 10.0. The molecule has 0 aliphatic heterocycles. The average molecular weight is 306 g/mol. The number of anilines is 1. The molecule has 2 amide bonds. The smallest absolute Gasteiger partial charge is 0.313 e. The molecule has 0 aliphatic carbocycles. The molecule has 0 spiro atoms. The summed E-state index contributed by atoms with van der Waals surface area (Å²) in [6.45, 7) is 6.15. The zero-order valence-corrected chi connectivity index (χ0v) is 13.6. The van der Waals surface area contributed by atoms with E-state index in [-0.39, 0.29) is 12.5 Å². The first-order valence-corrected chi connectivity index (χ1v) is 7.80. The molecule has 0 aromatic heterocycles. The maximum atomic E-state index is 11.9. The van der Waals surface area contributed by atoms with Gasteiger partial charge in [-0.25, -0.2) is 0 Å². The summed E-state index contributed by atoms with van der Waals surface area (Å²) in [6.07, 6.45) is 1.77. The van der Waals surface area contributed by atoms with Crippen molar-refractivity contribution in [2.75, 3.05) is 11.9 Å². The van der Waals surface area contributed by atoms with Gasteiger partial charge in [-0.15, -0.1) is 0 Å². The first-order chi connectivity index (χ1) is 10.5. The summed E-state index contributed by atoms with van der Waals surface area (Å²) in [5, 5.41) is 14.8. The number of carbonyl (C=O) groups is 2. The summed E-state index contributed by atoms with van der Waals surface area (Å²) >= 11 is 0. The molecule has 1 unspecified atom stereocenters. The van der Waals surface area contributed by atoms with Crippen LogP contribution < -0.4 is 10.6 Å². The molecule has 22 heavy (non-hydrogen) atoms. The number of nitrogens with one attached hydrogen (secondary N) is 2. The van der Waals surface area contributed by atoms with Crippen LogP contribution in [0.2, 0.25) is 0 Å². The highest BCUT2D eigenvalue weighted by Gasteiger charge is 2.16. The standard InChI is InChI=1S/C17H26N2O3/c1-4-7-13-8-5-6-9-14(13)19-17(22)16(21)18-11-10-15(20)12(2)3/h5-6,8-9,12,15,20H,4,7,10-11H2,1-3H3,(H,18,21)(H,19,22). The molecule has 1 aromatic carbocycles. The predicted molar refractivity (Wildman–Crippen MR) is 87.5 cm³/mol. The van der Waals surface area contributed by atoms with E-state index in [9.17, 15) is 14.7 Å². The lowest BCUT2D eigenvalue weighted by molar-refractivity contribution is -0.136. The van der Waals surface area contributed by atoms with Crippen LogP contribution in [0.15, 0.2) is 24.3 Å². The van der Waals surface area contributed by atoms with Crippen LogP contribution in [-0.2, 0) is 16.0 Å². The summed E-state index contributed by atoms with van der Waals surface area (Å²) in [5.74, 6) is -1.23. The molecule has 1 rings (SSSR count). The van der Waals surface area contributed by atoms with Gasteiger partial charge >= 0.3 is 11.8 Å². The number of hydrogen-bond acceptors (Lipinski definition) is 3. The molecule has 0 radical (unpaired) electrons.